The zero-order valence-corrected chi connectivity index (χ0v) is 13.9. The summed E-state index contributed by atoms with van der Waals surface area (Å²) in [5, 5.41) is 4.01. The Balaban J connectivity index is 1.78. The number of aromatic amines is 1. The van der Waals surface area contributed by atoms with Crippen molar-refractivity contribution in [2.45, 2.75) is 32.1 Å². The molecule has 124 valence electrons. The number of benzene rings is 1. The molecule has 0 radical (unpaired) electrons. The van der Waals surface area contributed by atoms with Crippen molar-refractivity contribution in [3.63, 3.8) is 0 Å². The summed E-state index contributed by atoms with van der Waals surface area (Å²) in [4.78, 5) is 17.5. The molecule has 1 amide bonds. The third-order valence-electron chi connectivity index (χ3n) is 4.56. The molecule has 5 heteroatoms. The molecule has 1 saturated heterocycles. The van der Waals surface area contributed by atoms with Crippen LogP contribution in [0.15, 0.2) is 24.4 Å². The minimum Gasteiger partial charge on any atom is -0.449 e. The molecule has 1 aliphatic heterocycles. The van der Waals surface area contributed by atoms with Gasteiger partial charge in [-0.05, 0) is 69.1 Å². The van der Waals surface area contributed by atoms with E-state index in [1.807, 2.05) is 25.1 Å². The van der Waals surface area contributed by atoms with E-state index in [0.717, 1.165) is 30.7 Å². The number of hydrogen-bond donors (Lipinski definition) is 2. The molecule has 0 spiro atoms. The molecule has 0 unspecified atom stereocenters. The van der Waals surface area contributed by atoms with Gasteiger partial charge in [-0.1, -0.05) is 6.92 Å². The van der Waals surface area contributed by atoms with Crippen molar-refractivity contribution in [1.29, 1.82) is 0 Å². The Morgan fingerprint density at radius 3 is 2.91 bits per heavy atom. The highest BCUT2D eigenvalue weighted by Crippen LogP contribution is 2.34. The lowest BCUT2D eigenvalue weighted by Gasteiger charge is -2.28. The van der Waals surface area contributed by atoms with Crippen molar-refractivity contribution < 1.29 is 9.53 Å². The maximum atomic E-state index is 11.7. The molecule has 1 fully saturated rings. The Labute approximate surface area is 137 Å². The average Bonchev–Trinajstić information content (AvgIpc) is 2.97. The van der Waals surface area contributed by atoms with E-state index in [2.05, 4.69) is 28.4 Å². The Bertz CT molecular complexity index is 672. The van der Waals surface area contributed by atoms with Gasteiger partial charge in [0.2, 0.25) is 0 Å². The van der Waals surface area contributed by atoms with Crippen molar-refractivity contribution in [3.05, 3.63) is 30.0 Å². The summed E-state index contributed by atoms with van der Waals surface area (Å²) >= 11 is 0. The lowest BCUT2D eigenvalue weighted by Crippen LogP contribution is -2.29. The molecular weight excluding hydrogens is 290 g/mol. The SMILES string of the molecule is CCCOC(=O)Nc1ccc2[nH]cc(C3CCN(C)CC3)c2c1. The van der Waals surface area contributed by atoms with Crippen LogP contribution in [-0.4, -0.2) is 42.7 Å². The fourth-order valence-corrected chi connectivity index (χ4v) is 3.23. The number of rotatable bonds is 4. The van der Waals surface area contributed by atoms with Crippen LogP contribution in [0.4, 0.5) is 10.5 Å². The zero-order valence-electron chi connectivity index (χ0n) is 13.9. The smallest absolute Gasteiger partial charge is 0.411 e. The van der Waals surface area contributed by atoms with Gasteiger partial charge in [-0.2, -0.15) is 0 Å². The van der Waals surface area contributed by atoms with E-state index in [9.17, 15) is 4.79 Å². The molecule has 1 aliphatic rings. The number of nitrogens with one attached hydrogen (secondary N) is 2. The summed E-state index contributed by atoms with van der Waals surface area (Å²) in [7, 11) is 2.18. The number of likely N-dealkylation sites (tertiary alicyclic amines) is 1. The highest BCUT2D eigenvalue weighted by molar-refractivity contribution is 5.91. The second-order valence-corrected chi connectivity index (χ2v) is 6.34. The van der Waals surface area contributed by atoms with Gasteiger partial charge >= 0.3 is 6.09 Å². The second-order valence-electron chi connectivity index (χ2n) is 6.34. The Morgan fingerprint density at radius 1 is 1.39 bits per heavy atom. The van der Waals surface area contributed by atoms with E-state index < -0.39 is 0 Å². The molecule has 2 N–H and O–H groups in total. The van der Waals surface area contributed by atoms with Crippen LogP contribution in [0, 0.1) is 0 Å². The molecule has 0 atom stereocenters. The lowest BCUT2D eigenvalue weighted by atomic mass is 9.89. The van der Waals surface area contributed by atoms with Crippen molar-refractivity contribution in [1.82, 2.24) is 9.88 Å². The fraction of sp³-hybridized carbons (Fsp3) is 0.500. The highest BCUT2D eigenvalue weighted by atomic mass is 16.5. The summed E-state index contributed by atoms with van der Waals surface area (Å²) in [6.07, 6.45) is 4.92. The first-order valence-corrected chi connectivity index (χ1v) is 8.40. The predicted octanol–water partition coefficient (Wildman–Crippen LogP) is 3.94. The van der Waals surface area contributed by atoms with Crippen molar-refractivity contribution in [2.75, 3.05) is 32.1 Å². The molecule has 2 aromatic rings. The lowest BCUT2D eigenvalue weighted by molar-refractivity contribution is 0.161. The van der Waals surface area contributed by atoms with E-state index >= 15 is 0 Å². The summed E-state index contributed by atoms with van der Waals surface area (Å²) < 4.78 is 5.08. The van der Waals surface area contributed by atoms with Gasteiger partial charge in [-0.25, -0.2) is 4.79 Å². The predicted molar refractivity (Wildman–Crippen MR) is 93.0 cm³/mol. The Kier molecular flexibility index (Phi) is 4.86. The van der Waals surface area contributed by atoms with E-state index in [-0.39, 0.29) is 6.09 Å². The molecule has 1 aromatic carbocycles. The maximum absolute atomic E-state index is 11.7. The first kappa shape index (κ1) is 15.9. The molecule has 2 heterocycles. The molecule has 0 aliphatic carbocycles. The van der Waals surface area contributed by atoms with Gasteiger partial charge < -0.3 is 14.6 Å². The van der Waals surface area contributed by atoms with E-state index in [1.165, 1.54) is 23.8 Å². The van der Waals surface area contributed by atoms with Crippen LogP contribution in [0.5, 0.6) is 0 Å². The van der Waals surface area contributed by atoms with Crippen molar-refractivity contribution in [3.8, 4) is 0 Å². The van der Waals surface area contributed by atoms with Crippen LogP contribution in [0.1, 0.15) is 37.7 Å². The number of carbonyl (C=O) groups excluding carboxylic acids is 1. The van der Waals surface area contributed by atoms with Crippen LogP contribution in [0.2, 0.25) is 0 Å². The van der Waals surface area contributed by atoms with Gasteiger partial charge in [0.25, 0.3) is 0 Å². The fourth-order valence-electron chi connectivity index (χ4n) is 3.23. The number of H-pyrrole nitrogens is 1. The molecule has 5 nitrogen and oxygen atoms in total. The third kappa shape index (κ3) is 3.67. The number of nitrogens with zero attached hydrogens (tertiary/aromatic N) is 1. The minimum absolute atomic E-state index is 0.387. The minimum atomic E-state index is -0.387. The van der Waals surface area contributed by atoms with E-state index in [4.69, 9.17) is 4.74 Å². The first-order chi connectivity index (χ1) is 11.2. The maximum Gasteiger partial charge on any atom is 0.411 e. The van der Waals surface area contributed by atoms with Gasteiger partial charge in [-0.3, -0.25) is 5.32 Å². The van der Waals surface area contributed by atoms with Gasteiger partial charge in [-0.15, -0.1) is 0 Å². The summed E-state index contributed by atoms with van der Waals surface area (Å²) in [5.41, 5.74) is 3.26. The standard InChI is InChI=1S/C18H25N3O2/c1-3-10-23-18(22)20-14-4-5-17-15(11-14)16(12-19-17)13-6-8-21(2)9-7-13/h4-5,11-13,19H,3,6-10H2,1-2H3,(H,20,22). The Hall–Kier alpha value is -2.01. The van der Waals surface area contributed by atoms with Gasteiger partial charge in [0, 0.05) is 22.8 Å². The number of fused-ring (bicyclic) bond motifs is 1. The van der Waals surface area contributed by atoms with Crippen LogP contribution in [-0.2, 0) is 4.74 Å². The van der Waals surface area contributed by atoms with E-state index in [0.29, 0.717) is 12.5 Å². The molecule has 23 heavy (non-hydrogen) atoms. The first-order valence-electron chi connectivity index (χ1n) is 8.40. The number of anilines is 1. The van der Waals surface area contributed by atoms with Crippen LogP contribution >= 0.6 is 0 Å². The molecule has 0 saturated carbocycles. The third-order valence-corrected chi connectivity index (χ3v) is 4.56. The number of carbonyl (C=O) groups is 1. The number of aromatic nitrogens is 1. The summed E-state index contributed by atoms with van der Waals surface area (Å²) in [6.45, 7) is 4.70. The number of piperidine rings is 1. The average molecular weight is 315 g/mol. The topological polar surface area (TPSA) is 57.4 Å². The molecule has 0 bridgehead atoms. The highest BCUT2D eigenvalue weighted by Gasteiger charge is 2.21. The zero-order chi connectivity index (χ0) is 16.2. The van der Waals surface area contributed by atoms with Crippen molar-refractivity contribution >= 4 is 22.7 Å². The van der Waals surface area contributed by atoms with Crippen LogP contribution in [0.3, 0.4) is 0 Å². The van der Waals surface area contributed by atoms with Crippen LogP contribution in [0.25, 0.3) is 10.9 Å². The molecule has 1 aromatic heterocycles. The monoisotopic (exact) mass is 315 g/mol. The van der Waals surface area contributed by atoms with Crippen molar-refractivity contribution in [2.24, 2.45) is 0 Å². The van der Waals surface area contributed by atoms with E-state index in [1.54, 1.807) is 0 Å². The summed E-state index contributed by atoms with van der Waals surface area (Å²) in [6, 6.07) is 5.97. The number of amides is 1. The van der Waals surface area contributed by atoms with Crippen LogP contribution < -0.4 is 5.32 Å². The molecular formula is C18H25N3O2. The molecule has 3 rings (SSSR count). The van der Waals surface area contributed by atoms with Gasteiger partial charge in [0.05, 0.1) is 6.61 Å². The summed E-state index contributed by atoms with van der Waals surface area (Å²) in [5.74, 6) is 0.585. The number of ether oxygens (including phenoxy) is 1. The second kappa shape index (κ2) is 7.04. The van der Waals surface area contributed by atoms with Gasteiger partial charge in [0.1, 0.15) is 0 Å². The quantitative estimate of drug-likeness (QED) is 0.898. The normalized spacial score (nSPS) is 16.6. The Morgan fingerprint density at radius 2 is 2.17 bits per heavy atom. The number of hydrogen-bond acceptors (Lipinski definition) is 3. The van der Waals surface area contributed by atoms with Gasteiger partial charge in [0.15, 0.2) is 0 Å². The largest absolute Gasteiger partial charge is 0.449 e.